The molecule has 2 nitrogen and oxygen atoms in total. The van der Waals surface area contributed by atoms with Gasteiger partial charge in [0.05, 0.1) is 0 Å². The van der Waals surface area contributed by atoms with E-state index in [1.165, 1.54) is 16.2 Å². The van der Waals surface area contributed by atoms with Crippen LogP contribution >= 0.6 is 38.6 Å². The molecule has 0 aromatic carbocycles. The average molecular weight is 290 g/mol. The molecule has 0 saturated carbocycles. The molecule has 2 heterocycles. The summed E-state index contributed by atoms with van der Waals surface area (Å²) in [5, 5.41) is 12.6. The summed E-state index contributed by atoms with van der Waals surface area (Å²) in [6.07, 6.45) is -0.579. The molecule has 0 aliphatic carbocycles. The smallest absolute Gasteiger partial charge is 0.140 e. The number of aromatic nitrogens is 1. The van der Waals surface area contributed by atoms with E-state index in [2.05, 4.69) is 20.9 Å². The highest BCUT2D eigenvalue weighted by Crippen LogP contribution is 2.30. The van der Waals surface area contributed by atoms with Crippen molar-refractivity contribution in [2.45, 2.75) is 13.0 Å². The highest BCUT2D eigenvalue weighted by Gasteiger charge is 2.15. The Balaban J connectivity index is 2.28. The van der Waals surface area contributed by atoms with Crippen LogP contribution in [0.25, 0.3) is 0 Å². The van der Waals surface area contributed by atoms with E-state index in [1.807, 2.05) is 24.4 Å². The second kappa shape index (κ2) is 4.10. The summed E-state index contributed by atoms with van der Waals surface area (Å²) in [5.74, 6) is 0. The van der Waals surface area contributed by atoms with Crippen LogP contribution in [0.1, 0.15) is 20.9 Å². The van der Waals surface area contributed by atoms with Crippen LogP contribution in [0.5, 0.6) is 0 Å². The van der Waals surface area contributed by atoms with Crippen LogP contribution in [-0.2, 0) is 0 Å². The van der Waals surface area contributed by atoms with E-state index in [9.17, 15) is 5.11 Å². The molecule has 0 aliphatic rings. The van der Waals surface area contributed by atoms with E-state index in [0.717, 1.165) is 14.5 Å². The Labute approximate surface area is 98.4 Å². The minimum Gasteiger partial charge on any atom is -0.380 e. The number of thiophene rings is 1. The zero-order valence-electron chi connectivity index (χ0n) is 7.40. The second-order valence-electron chi connectivity index (χ2n) is 2.86. The van der Waals surface area contributed by atoms with Crippen LogP contribution in [0.15, 0.2) is 22.1 Å². The van der Waals surface area contributed by atoms with Gasteiger partial charge >= 0.3 is 0 Å². The van der Waals surface area contributed by atoms with E-state index in [1.54, 1.807) is 11.3 Å². The first-order chi connectivity index (χ1) is 6.66. The van der Waals surface area contributed by atoms with Crippen LogP contribution < -0.4 is 0 Å². The van der Waals surface area contributed by atoms with Crippen LogP contribution in [0.2, 0.25) is 0 Å². The quantitative estimate of drug-likeness (QED) is 0.920. The van der Waals surface area contributed by atoms with Gasteiger partial charge in [-0.05, 0) is 35.0 Å². The number of thiazole rings is 1. The molecule has 0 fully saturated rings. The Bertz CT molecular complexity index is 397. The number of hydrogen-bond acceptors (Lipinski definition) is 4. The number of nitrogens with zero attached hydrogens (tertiary/aromatic N) is 1. The van der Waals surface area contributed by atoms with Crippen LogP contribution in [0, 0.1) is 6.92 Å². The third-order valence-electron chi connectivity index (χ3n) is 1.76. The van der Waals surface area contributed by atoms with Gasteiger partial charge in [-0.25, -0.2) is 4.98 Å². The van der Waals surface area contributed by atoms with Gasteiger partial charge in [-0.1, -0.05) is 0 Å². The standard InChI is InChI=1S/C9H8BrNOS2/c1-5-2-3-6(14-5)8(12)9-11-7(10)4-13-9/h2-4,8,12H,1H3. The number of aliphatic hydroxyl groups is 1. The van der Waals surface area contributed by atoms with Crippen LogP contribution in [0.4, 0.5) is 0 Å². The molecule has 5 heteroatoms. The minimum atomic E-state index is -0.579. The zero-order valence-corrected chi connectivity index (χ0v) is 10.6. The molecule has 0 bridgehead atoms. The summed E-state index contributed by atoms with van der Waals surface area (Å²) in [6, 6.07) is 3.95. The largest absolute Gasteiger partial charge is 0.380 e. The topological polar surface area (TPSA) is 33.1 Å². The highest BCUT2D eigenvalue weighted by molar-refractivity contribution is 9.10. The third kappa shape index (κ3) is 2.06. The molecule has 74 valence electrons. The van der Waals surface area contributed by atoms with Crippen molar-refractivity contribution >= 4 is 38.6 Å². The first-order valence-electron chi connectivity index (χ1n) is 4.02. The van der Waals surface area contributed by atoms with Gasteiger partial charge in [0, 0.05) is 15.1 Å². The van der Waals surface area contributed by atoms with Crippen molar-refractivity contribution in [2.24, 2.45) is 0 Å². The van der Waals surface area contributed by atoms with Gasteiger partial charge < -0.3 is 5.11 Å². The SMILES string of the molecule is Cc1ccc(C(O)c2nc(Br)cs2)s1. The predicted octanol–water partition coefficient (Wildman–Crippen LogP) is 3.36. The summed E-state index contributed by atoms with van der Waals surface area (Å²) in [5.41, 5.74) is 0. The Hall–Kier alpha value is -0.230. The number of halogens is 1. The lowest BCUT2D eigenvalue weighted by Gasteiger charge is -2.02. The monoisotopic (exact) mass is 289 g/mol. The Morgan fingerprint density at radius 3 is 2.79 bits per heavy atom. The second-order valence-corrected chi connectivity index (χ2v) is 5.88. The summed E-state index contributed by atoms with van der Waals surface area (Å²) in [7, 11) is 0. The summed E-state index contributed by atoms with van der Waals surface area (Å²) < 4.78 is 0.782. The van der Waals surface area contributed by atoms with Crippen molar-refractivity contribution in [3.8, 4) is 0 Å². The van der Waals surface area contributed by atoms with Gasteiger partial charge in [-0.15, -0.1) is 22.7 Å². The van der Waals surface area contributed by atoms with Crippen molar-refractivity contribution in [3.63, 3.8) is 0 Å². The van der Waals surface area contributed by atoms with E-state index in [4.69, 9.17) is 0 Å². The first-order valence-corrected chi connectivity index (χ1v) is 6.51. The molecule has 0 radical (unpaired) electrons. The van der Waals surface area contributed by atoms with Crippen molar-refractivity contribution in [1.29, 1.82) is 0 Å². The maximum absolute atomic E-state index is 9.96. The highest BCUT2D eigenvalue weighted by atomic mass is 79.9. The fraction of sp³-hybridized carbons (Fsp3) is 0.222. The molecular formula is C9H8BrNOS2. The van der Waals surface area contributed by atoms with Crippen molar-refractivity contribution in [1.82, 2.24) is 4.98 Å². The molecule has 2 aromatic rings. The van der Waals surface area contributed by atoms with Gasteiger partial charge in [-0.3, -0.25) is 0 Å². The Morgan fingerprint density at radius 2 is 2.29 bits per heavy atom. The van der Waals surface area contributed by atoms with E-state index in [-0.39, 0.29) is 0 Å². The summed E-state index contributed by atoms with van der Waals surface area (Å²) in [6.45, 7) is 2.03. The molecule has 0 aliphatic heterocycles. The Morgan fingerprint density at radius 1 is 1.50 bits per heavy atom. The van der Waals surface area contributed by atoms with Gasteiger partial charge in [0.2, 0.25) is 0 Å². The number of aryl methyl sites for hydroxylation is 1. The molecule has 1 unspecified atom stereocenters. The van der Waals surface area contributed by atoms with E-state index in [0.29, 0.717) is 0 Å². The van der Waals surface area contributed by atoms with Crippen molar-refractivity contribution in [3.05, 3.63) is 36.9 Å². The number of hydrogen-bond donors (Lipinski definition) is 1. The molecule has 0 spiro atoms. The minimum absolute atomic E-state index is 0.579. The van der Waals surface area contributed by atoms with E-state index < -0.39 is 6.10 Å². The molecule has 2 aromatic heterocycles. The molecule has 14 heavy (non-hydrogen) atoms. The first kappa shape index (κ1) is 10.3. The number of rotatable bonds is 2. The molecular weight excluding hydrogens is 282 g/mol. The molecule has 0 amide bonds. The maximum atomic E-state index is 9.96. The lowest BCUT2D eigenvalue weighted by atomic mass is 10.3. The summed E-state index contributed by atoms with van der Waals surface area (Å²) in [4.78, 5) is 6.34. The average Bonchev–Trinajstić information content (AvgIpc) is 2.73. The molecule has 1 N–H and O–H groups in total. The Kier molecular flexibility index (Phi) is 3.02. The number of aliphatic hydroxyl groups excluding tert-OH is 1. The van der Waals surface area contributed by atoms with Gasteiger partial charge in [0.1, 0.15) is 15.7 Å². The third-order valence-corrected chi connectivity index (χ3v) is 4.42. The normalized spacial score (nSPS) is 13.1. The molecule has 0 saturated heterocycles. The fourth-order valence-corrected chi connectivity index (χ4v) is 3.32. The van der Waals surface area contributed by atoms with E-state index >= 15 is 0 Å². The van der Waals surface area contributed by atoms with Gasteiger partial charge in [0.15, 0.2) is 0 Å². The van der Waals surface area contributed by atoms with Gasteiger partial charge in [0.25, 0.3) is 0 Å². The molecule has 1 atom stereocenters. The lowest BCUT2D eigenvalue weighted by molar-refractivity contribution is 0.223. The lowest BCUT2D eigenvalue weighted by Crippen LogP contribution is -1.95. The fourth-order valence-electron chi connectivity index (χ4n) is 1.11. The maximum Gasteiger partial charge on any atom is 0.140 e. The van der Waals surface area contributed by atoms with Gasteiger partial charge in [-0.2, -0.15) is 0 Å². The van der Waals surface area contributed by atoms with Crippen molar-refractivity contribution < 1.29 is 5.11 Å². The van der Waals surface area contributed by atoms with Crippen LogP contribution in [0.3, 0.4) is 0 Å². The molecule has 2 rings (SSSR count). The zero-order chi connectivity index (χ0) is 10.1. The summed E-state index contributed by atoms with van der Waals surface area (Å²) >= 11 is 6.33. The van der Waals surface area contributed by atoms with Crippen LogP contribution in [-0.4, -0.2) is 10.1 Å². The van der Waals surface area contributed by atoms with Crippen molar-refractivity contribution in [2.75, 3.05) is 0 Å². The predicted molar refractivity (Wildman–Crippen MR) is 62.9 cm³/mol.